The summed E-state index contributed by atoms with van der Waals surface area (Å²) in [5.41, 5.74) is -0.388. The van der Waals surface area contributed by atoms with Crippen LogP contribution in [0.25, 0.3) is 0 Å². The Hall–Kier alpha value is -3.33. The maximum Gasteiger partial charge on any atom is 0.270 e. The van der Waals surface area contributed by atoms with Crippen LogP contribution in [0.1, 0.15) is 20.7 Å². The minimum Gasteiger partial charge on any atom is -0.309 e. The van der Waals surface area contributed by atoms with Gasteiger partial charge in [0.25, 0.3) is 17.5 Å². The summed E-state index contributed by atoms with van der Waals surface area (Å²) in [6.07, 6.45) is 1.33. The second-order valence-corrected chi connectivity index (χ2v) is 5.53. The predicted octanol–water partition coefficient (Wildman–Crippen LogP) is 1.88. The fraction of sp³-hybridized carbons (Fsp3) is 0.0667. The number of rotatable bonds is 4. The number of halogens is 1. The molecule has 3 rings (SSSR count). The van der Waals surface area contributed by atoms with Crippen molar-refractivity contribution in [2.24, 2.45) is 0 Å². The van der Waals surface area contributed by atoms with E-state index in [1.54, 1.807) is 0 Å². The summed E-state index contributed by atoms with van der Waals surface area (Å²) in [4.78, 5) is 51.3. The number of hydrogen-bond donors (Lipinski definition) is 1. The number of pyridine rings is 1. The summed E-state index contributed by atoms with van der Waals surface area (Å²) in [6, 6.07) is 6.34. The summed E-state index contributed by atoms with van der Waals surface area (Å²) in [5, 5.41) is 13.6. The number of aromatic nitrogens is 1. The zero-order valence-corrected chi connectivity index (χ0v) is 13.2. The van der Waals surface area contributed by atoms with Crippen LogP contribution in [0.15, 0.2) is 36.5 Å². The van der Waals surface area contributed by atoms with E-state index in [9.17, 15) is 24.5 Å². The van der Waals surface area contributed by atoms with Gasteiger partial charge in [0.2, 0.25) is 5.91 Å². The summed E-state index contributed by atoms with van der Waals surface area (Å²) in [5.74, 6) is -1.88. The van der Waals surface area contributed by atoms with Gasteiger partial charge in [0.15, 0.2) is 0 Å². The Morgan fingerprint density at radius 3 is 2.56 bits per heavy atom. The minimum atomic E-state index is -0.761. The molecule has 1 N–H and O–H groups in total. The molecule has 9 nitrogen and oxygen atoms in total. The molecule has 1 aromatic carbocycles. The molecule has 0 bridgehead atoms. The third-order valence-corrected chi connectivity index (χ3v) is 3.69. The number of nitro groups is 1. The Balaban J connectivity index is 1.76. The van der Waals surface area contributed by atoms with E-state index in [-0.39, 0.29) is 22.6 Å². The molecule has 0 saturated carbocycles. The van der Waals surface area contributed by atoms with Crippen LogP contribution in [0.4, 0.5) is 11.5 Å². The van der Waals surface area contributed by atoms with Gasteiger partial charge in [-0.05, 0) is 18.2 Å². The summed E-state index contributed by atoms with van der Waals surface area (Å²) < 4.78 is 0. The van der Waals surface area contributed by atoms with Crippen molar-refractivity contribution in [1.29, 1.82) is 0 Å². The molecule has 2 heterocycles. The zero-order valence-electron chi connectivity index (χ0n) is 12.4. The Bertz CT molecular complexity index is 913. The highest BCUT2D eigenvalue weighted by molar-refractivity contribution is 6.30. The molecule has 1 aromatic heterocycles. The highest BCUT2D eigenvalue weighted by Gasteiger charge is 2.37. The number of nitrogens with one attached hydrogen (secondary N) is 1. The average Bonchev–Trinajstić information content (AvgIpc) is 2.81. The fourth-order valence-electron chi connectivity index (χ4n) is 2.31. The molecule has 25 heavy (non-hydrogen) atoms. The Morgan fingerprint density at radius 1 is 1.20 bits per heavy atom. The molecule has 0 radical (unpaired) electrons. The number of amides is 3. The standard InChI is InChI=1S/C15H9ClN4O5/c16-8-1-4-12(17-6-8)18-13(21)7-19-14(22)10-3-2-9(20(24)25)5-11(10)15(19)23/h1-6H,7H2,(H,17,18,21). The maximum absolute atomic E-state index is 12.3. The minimum absolute atomic E-state index is 0.0213. The van der Waals surface area contributed by atoms with Crippen LogP contribution >= 0.6 is 11.6 Å². The van der Waals surface area contributed by atoms with Crippen molar-refractivity contribution in [3.63, 3.8) is 0 Å². The first-order chi connectivity index (χ1) is 11.9. The number of carbonyl (C=O) groups is 3. The largest absolute Gasteiger partial charge is 0.309 e. The van der Waals surface area contributed by atoms with Gasteiger partial charge in [0, 0.05) is 18.3 Å². The molecule has 10 heteroatoms. The Morgan fingerprint density at radius 2 is 1.92 bits per heavy atom. The van der Waals surface area contributed by atoms with Gasteiger partial charge in [0.05, 0.1) is 21.1 Å². The molecule has 0 spiro atoms. The van der Waals surface area contributed by atoms with Gasteiger partial charge < -0.3 is 5.32 Å². The van der Waals surface area contributed by atoms with E-state index >= 15 is 0 Å². The number of carbonyl (C=O) groups excluding carboxylic acids is 3. The summed E-state index contributed by atoms with van der Waals surface area (Å²) in [6.45, 7) is -0.537. The van der Waals surface area contributed by atoms with Gasteiger partial charge in [0.1, 0.15) is 12.4 Å². The molecule has 0 atom stereocenters. The molecule has 1 aliphatic heterocycles. The van der Waals surface area contributed by atoms with E-state index in [0.29, 0.717) is 5.02 Å². The highest BCUT2D eigenvalue weighted by Crippen LogP contribution is 2.26. The molecule has 0 fully saturated rings. The van der Waals surface area contributed by atoms with Gasteiger partial charge >= 0.3 is 0 Å². The van der Waals surface area contributed by atoms with Crippen LogP contribution in [-0.2, 0) is 4.79 Å². The molecular formula is C15H9ClN4O5. The molecule has 3 amide bonds. The van der Waals surface area contributed by atoms with Gasteiger partial charge in [-0.2, -0.15) is 0 Å². The van der Waals surface area contributed by atoms with Crippen molar-refractivity contribution >= 4 is 40.8 Å². The van der Waals surface area contributed by atoms with E-state index in [1.165, 1.54) is 24.4 Å². The van der Waals surface area contributed by atoms with Crippen molar-refractivity contribution in [2.45, 2.75) is 0 Å². The zero-order chi connectivity index (χ0) is 18.1. The van der Waals surface area contributed by atoms with Crippen LogP contribution in [0, 0.1) is 10.1 Å². The van der Waals surface area contributed by atoms with Crippen LogP contribution in [0.5, 0.6) is 0 Å². The lowest BCUT2D eigenvalue weighted by Gasteiger charge is -2.13. The predicted molar refractivity (Wildman–Crippen MR) is 86.3 cm³/mol. The SMILES string of the molecule is O=C(CN1C(=O)c2ccc([N+](=O)[O-])cc2C1=O)Nc1ccc(Cl)cn1. The topological polar surface area (TPSA) is 123 Å². The van der Waals surface area contributed by atoms with Crippen molar-refractivity contribution < 1.29 is 19.3 Å². The second kappa shape index (κ2) is 6.29. The highest BCUT2D eigenvalue weighted by atomic mass is 35.5. The number of anilines is 1. The molecular weight excluding hydrogens is 352 g/mol. The van der Waals surface area contributed by atoms with E-state index in [0.717, 1.165) is 17.0 Å². The smallest absolute Gasteiger partial charge is 0.270 e. The lowest BCUT2D eigenvalue weighted by Crippen LogP contribution is -2.37. The van der Waals surface area contributed by atoms with Crippen LogP contribution in [0.2, 0.25) is 5.02 Å². The van der Waals surface area contributed by atoms with Crippen LogP contribution < -0.4 is 5.32 Å². The van der Waals surface area contributed by atoms with Gasteiger partial charge in [-0.1, -0.05) is 11.6 Å². The first kappa shape index (κ1) is 16.5. The number of non-ortho nitro benzene ring substituents is 1. The number of nitro benzene ring substituents is 1. The van der Waals surface area contributed by atoms with Gasteiger partial charge in [-0.3, -0.25) is 29.4 Å². The summed E-state index contributed by atoms with van der Waals surface area (Å²) >= 11 is 5.69. The molecule has 2 aromatic rings. The van der Waals surface area contributed by atoms with Gasteiger partial charge in [-0.15, -0.1) is 0 Å². The molecule has 126 valence electrons. The van der Waals surface area contributed by atoms with Crippen molar-refractivity contribution in [3.8, 4) is 0 Å². The number of nitrogens with zero attached hydrogens (tertiary/aromatic N) is 3. The number of hydrogen-bond acceptors (Lipinski definition) is 6. The maximum atomic E-state index is 12.3. The van der Waals surface area contributed by atoms with Crippen molar-refractivity contribution in [1.82, 2.24) is 9.88 Å². The molecule has 0 unspecified atom stereocenters. The van der Waals surface area contributed by atoms with E-state index in [4.69, 9.17) is 11.6 Å². The van der Waals surface area contributed by atoms with Crippen LogP contribution in [0.3, 0.4) is 0 Å². The lowest BCUT2D eigenvalue weighted by molar-refractivity contribution is -0.384. The number of fused-ring (bicyclic) bond motifs is 1. The quantitative estimate of drug-likeness (QED) is 0.504. The third-order valence-electron chi connectivity index (χ3n) is 3.46. The molecule has 0 aliphatic carbocycles. The second-order valence-electron chi connectivity index (χ2n) is 5.09. The number of imide groups is 1. The fourth-order valence-corrected chi connectivity index (χ4v) is 2.42. The Labute approximate surface area is 145 Å². The first-order valence-corrected chi connectivity index (χ1v) is 7.30. The van der Waals surface area contributed by atoms with Crippen molar-refractivity contribution in [3.05, 3.63) is 62.8 Å². The first-order valence-electron chi connectivity index (χ1n) is 6.93. The van der Waals surface area contributed by atoms with E-state index < -0.39 is 29.2 Å². The average molecular weight is 361 g/mol. The van der Waals surface area contributed by atoms with E-state index in [2.05, 4.69) is 10.3 Å². The molecule has 1 aliphatic rings. The van der Waals surface area contributed by atoms with Crippen LogP contribution in [-0.4, -0.2) is 39.1 Å². The summed E-state index contributed by atoms with van der Waals surface area (Å²) in [7, 11) is 0. The molecule has 0 saturated heterocycles. The lowest BCUT2D eigenvalue weighted by atomic mass is 10.1. The monoisotopic (exact) mass is 360 g/mol. The normalized spacial score (nSPS) is 12.9. The number of benzene rings is 1. The Kier molecular flexibility index (Phi) is 4.15. The third kappa shape index (κ3) is 3.17. The van der Waals surface area contributed by atoms with Gasteiger partial charge in [-0.25, -0.2) is 4.98 Å². The van der Waals surface area contributed by atoms with Crippen molar-refractivity contribution in [2.75, 3.05) is 11.9 Å². The van der Waals surface area contributed by atoms with E-state index in [1.807, 2.05) is 0 Å².